The number of aliphatic hydroxyl groups is 2. The SMILES string of the molecule is CCOCOCC1CCC(OC(=O)C(C)(C)CC)C(OCOCCC(O)O)C1. The zero-order valence-corrected chi connectivity index (χ0v) is 17.7. The van der Waals surface area contributed by atoms with Crippen LogP contribution in [0.25, 0.3) is 0 Å². The van der Waals surface area contributed by atoms with E-state index in [1.165, 1.54) is 0 Å². The van der Waals surface area contributed by atoms with Gasteiger partial charge in [-0.05, 0) is 52.4 Å². The van der Waals surface area contributed by atoms with E-state index >= 15 is 0 Å². The van der Waals surface area contributed by atoms with Crippen molar-refractivity contribution in [2.24, 2.45) is 11.3 Å². The van der Waals surface area contributed by atoms with Gasteiger partial charge in [-0.2, -0.15) is 0 Å². The van der Waals surface area contributed by atoms with Crippen molar-refractivity contribution in [2.45, 2.75) is 78.3 Å². The number of aliphatic hydroxyl groups excluding tert-OH is 1. The second-order valence-electron chi connectivity index (χ2n) is 7.84. The van der Waals surface area contributed by atoms with Gasteiger partial charge in [0.2, 0.25) is 0 Å². The first-order valence-electron chi connectivity index (χ1n) is 10.2. The largest absolute Gasteiger partial charge is 0.459 e. The third-order valence-corrected chi connectivity index (χ3v) is 5.14. The van der Waals surface area contributed by atoms with Crippen molar-refractivity contribution in [3.8, 4) is 0 Å². The van der Waals surface area contributed by atoms with Crippen LogP contribution < -0.4 is 0 Å². The Balaban J connectivity index is 2.55. The number of hydrogen-bond donors (Lipinski definition) is 2. The van der Waals surface area contributed by atoms with Gasteiger partial charge in [-0.3, -0.25) is 4.79 Å². The fraction of sp³-hybridized carbons (Fsp3) is 0.950. The van der Waals surface area contributed by atoms with Crippen LogP contribution >= 0.6 is 0 Å². The highest BCUT2D eigenvalue weighted by atomic mass is 16.7. The molecule has 0 heterocycles. The van der Waals surface area contributed by atoms with Gasteiger partial charge in [-0.15, -0.1) is 0 Å². The fourth-order valence-electron chi connectivity index (χ4n) is 2.83. The van der Waals surface area contributed by atoms with Crippen LogP contribution in [0.4, 0.5) is 0 Å². The Morgan fingerprint density at radius 1 is 1.07 bits per heavy atom. The normalized spacial score (nSPS) is 23.2. The maximum absolute atomic E-state index is 12.5. The second kappa shape index (κ2) is 13.5. The molecule has 1 aliphatic carbocycles. The fourth-order valence-corrected chi connectivity index (χ4v) is 2.83. The van der Waals surface area contributed by atoms with Gasteiger partial charge >= 0.3 is 5.97 Å². The van der Waals surface area contributed by atoms with Crippen LogP contribution in [0.15, 0.2) is 0 Å². The van der Waals surface area contributed by atoms with Crippen molar-refractivity contribution in [2.75, 3.05) is 33.4 Å². The third-order valence-electron chi connectivity index (χ3n) is 5.14. The van der Waals surface area contributed by atoms with Crippen molar-refractivity contribution in [3.05, 3.63) is 0 Å². The Hall–Kier alpha value is -0.770. The summed E-state index contributed by atoms with van der Waals surface area (Å²) in [5.41, 5.74) is -0.532. The minimum Gasteiger partial charge on any atom is -0.459 e. The molecule has 28 heavy (non-hydrogen) atoms. The molecule has 166 valence electrons. The lowest BCUT2D eigenvalue weighted by Crippen LogP contribution is -2.43. The summed E-state index contributed by atoms with van der Waals surface area (Å²) in [6.07, 6.45) is 1.09. The van der Waals surface area contributed by atoms with Gasteiger partial charge < -0.3 is 33.9 Å². The zero-order chi connectivity index (χ0) is 21.0. The first kappa shape index (κ1) is 25.3. The molecule has 0 saturated heterocycles. The summed E-state index contributed by atoms with van der Waals surface area (Å²) in [5.74, 6) is 0.0721. The molecule has 0 aromatic carbocycles. The van der Waals surface area contributed by atoms with Gasteiger partial charge in [0.15, 0.2) is 6.29 Å². The van der Waals surface area contributed by atoms with Crippen molar-refractivity contribution in [3.63, 3.8) is 0 Å². The van der Waals surface area contributed by atoms with E-state index in [9.17, 15) is 4.79 Å². The monoisotopic (exact) mass is 406 g/mol. The van der Waals surface area contributed by atoms with E-state index in [-0.39, 0.29) is 44.8 Å². The molecule has 3 atom stereocenters. The number of carbonyl (C=O) groups excluding carboxylic acids is 1. The lowest BCUT2D eigenvalue weighted by molar-refractivity contribution is -0.187. The number of esters is 1. The third kappa shape index (κ3) is 9.62. The number of hydrogen-bond acceptors (Lipinski definition) is 8. The van der Waals surface area contributed by atoms with E-state index in [0.717, 1.165) is 6.42 Å². The van der Waals surface area contributed by atoms with E-state index < -0.39 is 11.7 Å². The van der Waals surface area contributed by atoms with Crippen LogP contribution in [0.2, 0.25) is 0 Å². The molecule has 1 saturated carbocycles. The Morgan fingerprint density at radius 2 is 1.82 bits per heavy atom. The topological polar surface area (TPSA) is 104 Å². The van der Waals surface area contributed by atoms with Crippen LogP contribution in [0.1, 0.15) is 59.8 Å². The number of carbonyl (C=O) groups is 1. The van der Waals surface area contributed by atoms with E-state index in [1.54, 1.807) is 0 Å². The highest BCUT2D eigenvalue weighted by Gasteiger charge is 2.37. The van der Waals surface area contributed by atoms with E-state index in [4.69, 9.17) is 33.9 Å². The molecule has 1 fully saturated rings. The molecule has 8 heteroatoms. The van der Waals surface area contributed by atoms with E-state index in [1.807, 2.05) is 27.7 Å². The highest BCUT2D eigenvalue weighted by Crippen LogP contribution is 2.31. The maximum Gasteiger partial charge on any atom is 0.311 e. The summed E-state index contributed by atoms with van der Waals surface area (Å²) in [7, 11) is 0. The summed E-state index contributed by atoms with van der Waals surface area (Å²) in [5, 5.41) is 17.7. The van der Waals surface area contributed by atoms with Crippen LogP contribution in [0, 0.1) is 11.3 Å². The molecule has 1 aliphatic rings. The van der Waals surface area contributed by atoms with Gasteiger partial charge in [-0.25, -0.2) is 0 Å². The smallest absolute Gasteiger partial charge is 0.311 e. The van der Waals surface area contributed by atoms with E-state index in [2.05, 4.69) is 0 Å². The molecule has 0 amide bonds. The number of rotatable bonds is 14. The molecule has 1 rings (SSSR count). The molecule has 8 nitrogen and oxygen atoms in total. The van der Waals surface area contributed by atoms with E-state index in [0.29, 0.717) is 38.4 Å². The molecule has 0 aliphatic heterocycles. The lowest BCUT2D eigenvalue weighted by Gasteiger charge is -2.36. The first-order chi connectivity index (χ1) is 13.3. The average Bonchev–Trinajstić information content (AvgIpc) is 2.66. The molecule has 0 aromatic rings. The summed E-state index contributed by atoms with van der Waals surface area (Å²) in [6.45, 7) is 9.27. The Bertz CT molecular complexity index is 426. The summed E-state index contributed by atoms with van der Waals surface area (Å²) < 4.78 is 27.7. The zero-order valence-electron chi connectivity index (χ0n) is 17.7. The summed E-state index contributed by atoms with van der Waals surface area (Å²) in [4.78, 5) is 12.5. The molecule has 3 unspecified atom stereocenters. The first-order valence-corrected chi connectivity index (χ1v) is 10.2. The number of ether oxygens (including phenoxy) is 5. The maximum atomic E-state index is 12.5. The van der Waals surface area contributed by atoms with Crippen LogP contribution in [0.5, 0.6) is 0 Å². The molecule has 0 bridgehead atoms. The molecule has 0 aromatic heterocycles. The van der Waals surface area contributed by atoms with Gasteiger partial charge in [0.05, 0.1) is 24.7 Å². The predicted molar refractivity (Wildman–Crippen MR) is 102 cm³/mol. The van der Waals surface area contributed by atoms with Crippen molar-refractivity contribution in [1.82, 2.24) is 0 Å². The van der Waals surface area contributed by atoms with Gasteiger partial charge in [0.25, 0.3) is 0 Å². The quantitative estimate of drug-likeness (QED) is 0.257. The molecule has 2 N–H and O–H groups in total. The van der Waals surface area contributed by atoms with Crippen LogP contribution in [-0.4, -0.2) is 68.1 Å². The van der Waals surface area contributed by atoms with Gasteiger partial charge in [-0.1, -0.05) is 6.92 Å². The predicted octanol–water partition coefficient (Wildman–Crippen LogP) is 2.21. The van der Waals surface area contributed by atoms with Crippen molar-refractivity contribution in [1.29, 1.82) is 0 Å². The minimum absolute atomic E-state index is 0.00906. The van der Waals surface area contributed by atoms with Crippen LogP contribution in [-0.2, 0) is 28.5 Å². The Labute approximate surface area is 168 Å². The molecular weight excluding hydrogens is 368 g/mol. The van der Waals surface area contributed by atoms with Crippen molar-refractivity contribution >= 4 is 5.97 Å². The molecule has 0 spiro atoms. The van der Waals surface area contributed by atoms with Crippen molar-refractivity contribution < 1.29 is 38.7 Å². The molecular formula is C20H38O8. The highest BCUT2D eigenvalue weighted by molar-refractivity contribution is 5.76. The van der Waals surface area contributed by atoms with Gasteiger partial charge in [0.1, 0.15) is 19.7 Å². The average molecular weight is 407 g/mol. The van der Waals surface area contributed by atoms with Gasteiger partial charge in [0, 0.05) is 13.0 Å². The summed E-state index contributed by atoms with van der Waals surface area (Å²) in [6, 6.07) is 0. The Morgan fingerprint density at radius 3 is 2.46 bits per heavy atom. The lowest BCUT2D eigenvalue weighted by atomic mass is 9.85. The standard InChI is InChI=1S/C20H38O8/c1-5-20(3,4)19(23)28-16-8-7-15(12-26-13-24-6-2)11-17(16)27-14-25-10-9-18(21)22/h15-18,21-22H,5-14H2,1-4H3. The Kier molecular flexibility index (Phi) is 12.1. The minimum atomic E-state index is -1.40. The van der Waals surface area contributed by atoms with Crippen LogP contribution in [0.3, 0.4) is 0 Å². The second-order valence-corrected chi connectivity index (χ2v) is 7.84. The summed E-state index contributed by atoms with van der Waals surface area (Å²) >= 11 is 0. The molecule has 0 radical (unpaired) electrons.